The van der Waals surface area contributed by atoms with Crippen LogP contribution in [-0.2, 0) is 0 Å². The van der Waals surface area contributed by atoms with Crippen molar-refractivity contribution in [1.29, 1.82) is 0 Å². The zero-order valence-corrected chi connectivity index (χ0v) is 6.09. The first kappa shape index (κ1) is 9.97. The molecule has 0 aromatic rings. The van der Waals surface area contributed by atoms with Crippen molar-refractivity contribution < 1.29 is 10.2 Å². The van der Waals surface area contributed by atoms with Gasteiger partial charge in [-0.2, -0.15) is 0 Å². The molecule has 0 saturated carbocycles. The zero-order chi connectivity index (χ0) is 8.69. The van der Waals surface area contributed by atoms with Gasteiger partial charge in [-0.1, -0.05) is 11.2 Å². The molecule has 0 aliphatic heterocycles. The Morgan fingerprint density at radius 3 is 2.73 bits per heavy atom. The van der Waals surface area contributed by atoms with E-state index in [1.165, 1.54) is 6.08 Å². The maximum absolute atomic E-state index is 9.02. The lowest BCUT2D eigenvalue weighted by molar-refractivity contribution is 0.0750. The van der Waals surface area contributed by atoms with Gasteiger partial charge in [0.05, 0.1) is 18.8 Å². The number of rotatable bonds is 5. The van der Waals surface area contributed by atoms with Crippen molar-refractivity contribution in [2.75, 3.05) is 6.61 Å². The molecule has 0 bridgehead atoms. The van der Waals surface area contributed by atoms with Crippen LogP contribution in [0.2, 0.25) is 0 Å². The largest absolute Gasteiger partial charge is 0.394 e. The predicted molar refractivity (Wildman–Crippen MR) is 40.8 cm³/mol. The van der Waals surface area contributed by atoms with Crippen LogP contribution in [-0.4, -0.2) is 29.0 Å². The molecule has 0 saturated heterocycles. The van der Waals surface area contributed by atoms with Crippen LogP contribution in [0.25, 0.3) is 10.4 Å². The molecule has 5 heteroatoms. The van der Waals surface area contributed by atoms with Gasteiger partial charge >= 0.3 is 0 Å². The summed E-state index contributed by atoms with van der Waals surface area (Å²) in [5.41, 5.74) is 8.04. The van der Waals surface area contributed by atoms with E-state index in [2.05, 4.69) is 16.6 Å². The van der Waals surface area contributed by atoms with Gasteiger partial charge < -0.3 is 10.2 Å². The number of aliphatic hydroxyl groups is 2. The van der Waals surface area contributed by atoms with E-state index in [9.17, 15) is 0 Å². The van der Waals surface area contributed by atoms with Crippen molar-refractivity contribution in [3.05, 3.63) is 23.1 Å². The Hall–Kier alpha value is -1.03. The third kappa shape index (κ3) is 3.62. The van der Waals surface area contributed by atoms with Crippen LogP contribution in [0.3, 0.4) is 0 Å². The molecule has 62 valence electrons. The average molecular weight is 157 g/mol. The third-order valence-corrected chi connectivity index (χ3v) is 1.24. The molecule has 0 rings (SSSR count). The third-order valence-electron chi connectivity index (χ3n) is 1.24. The molecule has 0 aliphatic rings. The van der Waals surface area contributed by atoms with Crippen molar-refractivity contribution in [2.24, 2.45) is 5.11 Å². The minimum absolute atomic E-state index is 0.367. The second kappa shape index (κ2) is 5.73. The number of azide groups is 1. The van der Waals surface area contributed by atoms with Crippen molar-refractivity contribution in [1.82, 2.24) is 0 Å². The lowest BCUT2D eigenvalue weighted by Crippen LogP contribution is -2.26. The lowest BCUT2D eigenvalue weighted by atomic mass is 10.1. The lowest BCUT2D eigenvalue weighted by Gasteiger charge is -2.12. The van der Waals surface area contributed by atoms with Crippen molar-refractivity contribution in [2.45, 2.75) is 18.6 Å². The molecule has 0 radical (unpaired) electrons. The molecule has 0 heterocycles. The van der Waals surface area contributed by atoms with Gasteiger partial charge in [-0.15, -0.1) is 6.58 Å². The molecular formula is C6H11N3O2. The molecule has 0 amide bonds. The molecular weight excluding hydrogens is 146 g/mol. The fourth-order valence-corrected chi connectivity index (χ4v) is 0.640. The first-order valence-electron chi connectivity index (χ1n) is 3.20. The number of aliphatic hydroxyl groups excluding tert-OH is 2. The summed E-state index contributed by atoms with van der Waals surface area (Å²) in [7, 11) is 0. The van der Waals surface area contributed by atoms with E-state index in [1.807, 2.05) is 0 Å². The topological polar surface area (TPSA) is 89.2 Å². The van der Waals surface area contributed by atoms with Crippen molar-refractivity contribution in [3.8, 4) is 0 Å². The summed E-state index contributed by atoms with van der Waals surface area (Å²) in [4.78, 5) is 2.53. The van der Waals surface area contributed by atoms with Gasteiger partial charge in [0.15, 0.2) is 0 Å². The fourth-order valence-electron chi connectivity index (χ4n) is 0.640. The second-order valence-corrected chi connectivity index (χ2v) is 2.05. The Labute approximate surface area is 64.6 Å². The first-order chi connectivity index (χ1) is 5.26. The van der Waals surface area contributed by atoms with Gasteiger partial charge in [-0.05, 0) is 12.0 Å². The van der Waals surface area contributed by atoms with Crippen molar-refractivity contribution >= 4 is 0 Å². The van der Waals surface area contributed by atoms with E-state index in [0.717, 1.165) is 0 Å². The number of nitrogens with zero attached hydrogens (tertiary/aromatic N) is 3. The molecule has 2 atom stereocenters. The summed E-state index contributed by atoms with van der Waals surface area (Å²) in [5, 5.41) is 20.8. The van der Waals surface area contributed by atoms with Crippen molar-refractivity contribution in [3.63, 3.8) is 0 Å². The highest BCUT2D eigenvalue weighted by Crippen LogP contribution is 2.04. The Bertz CT molecular complexity index is 165. The monoisotopic (exact) mass is 157 g/mol. The summed E-state index contributed by atoms with van der Waals surface area (Å²) in [6.07, 6.45) is 0.896. The number of hydrogen-bond donors (Lipinski definition) is 2. The van der Waals surface area contributed by atoms with Gasteiger partial charge in [-0.25, -0.2) is 0 Å². The molecule has 2 N–H and O–H groups in total. The summed E-state index contributed by atoms with van der Waals surface area (Å²) < 4.78 is 0. The van der Waals surface area contributed by atoms with Crippen LogP contribution in [0.5, 0.6) is 0 Å². The molecule has 0 aliphatic carbocycles. The van der Waals surface area contributed by atoms with Crippen LogP contribution >= 0.6 is 0 Å². The fraction of sp³-hybridized carbons (Fsp3) is 0.667. The maximum Gasteiger partial charge on any atom is 0.0858 e. The van der Waals surface area contributed by atoms with Gasteiger partial charge in [0.25, 0.3) is 0 Å². The smallest absolute Gasteiger partial charge is 0.0858 e. The van der Waals surface area contributed by atoms with E-state index in [4.69, 9.17) is 15.7 Å². The highest BCUT2D eigenvalue weighted by molar-refractivity contribution is 4.83. The molecule has 11 heavy (non-hydrogen) atoms. The van der Waals surface area contributed by atoms with E-state index in [-0.39, 0.29) is 0 Å². The Morgan fingerprint density at radius 2 is 2.36 bits per heavy atom. The van der Waals surface area contributed by atoms with E-state index in [0.29, 0.717) is 6.42 Å². The van der Waals surface area contributed by atoms with Crippen LogP contribution in [0.15, 0.2) is 17.8 Å². The van der Waals surface area contributed by atoms with Gasteiger partial charge in [0, 0.05) is 4.91 Å². The van der Waals surface area contributed by atoms with E-state index >= 15 is 0 Å². The SMILES string of the molecule is C=CC[C@H](N=[N+]=[N-])[C@@H](O)CO. The van der Waals surface area contributed by atoms with Gasteiger partial charge in [0.2, 0.25) is 0 Å². The van der Waals surface area contributed by atoms with E-state index < -0.39 is 18.8 Å². The molecule has 0 aromatic heterocycles. The van der Waals surface area contributed by atoms with E-state index in [1.54, 1.807) is 0 Å². The molecule has 5 nitrogen and oxygen atoms in total. The van der Waals surface area contributed by atoms with Gasteiger partial charge in [-0.3, -0.25) is 0 Å². The van der Waals surface area contributed by atoms with Crippen LogP contribution < -0.4 is 0 Å². The standard InChI is InChI=1S/C6H11N3O2/c1-2-3-5(8-9-7)6(11)4-10/h2,5-6,10-11H,1,3-4H2/t5-,6-/m0/s1. The minimum Gasteiger partial charge on any atom is -0.394 e. The van der Waals surface area contributed by atoms with Crippen LogP contribution in [0.1, 0.15) is 6.42 Å². The second-order valence-electron chi connectivity index (χ2n) is 2.05. The number of hydrogen-bond acceptors (Lipinski definition) is 3. The molecule has 0 fully saturated rings. The maximum atomic E-state index is 9.02. The van der Waals surface area contributed by atoms with Gasteiger partial charge in [0.1, 0.15) is 0 Å². The van der Waals surface area contributed by atoms with Crippen LogP contribution in [0.4, 0.5) is 0 Å². The Balaban J connectivity index is 4.06. The summed E-state index contributed by atoms with van der Waals surface area (Å²) >= 11 is 0. The average Bonchev–Trinajstić information content (AvgIpc) is 2.03. The molecule has 0 unspecified atom stereocenters. The highest BCUT2D eigenvalue weighted by atomic mass is 16.3. The minimum atomic E-state index is -0.996. The quantitative estimate of drug-likeness (QED) is 0.265. The molecule has 0 spiro atoms. The normalized spacial score (nSPS) is 14.7. The Kier molecular flexibility index (Phi) is 5.20. The zero-order valence-electron chi connectivity index (χ0n) is 6.09. The first-order valence-corrected chi connectivity index (χ1v) is 3.20. The highest BCUT2D eigenvalue weighted by Gasteiger charge is 2.14. The predicted octanol–water partition coefficient (Wildman–Crippen LogP) is 0.595. The Morgan fingerprint density at radius 1 is 1.73 bits per heavy atom. The summed E-state index contributed by atoms with van der Waals surface area (Å²) in [5.74, 6) is 0. The van der Waals surface area contributed by atoms with Crippen LogP contribution in [0, 0.1) is 0 Å². The molecule has 0 aromatic carbocycles. The summed E-state index contributed by atoms with van der Waals surface area (Å²) in [6.45, 7) is 3.02. The summed E-state index contributed by atoms with van der Waals surface area (Å²) in [6, 6.07) is -0.609.